The molecule has 0 aromatic heterocycles. The Balaban J connectivity index is 1.61. The largest absolute Gasteiger partial charge is 0.454 e. The number of amides is 2. The third kappa shape index (κ3) is 4.72. The van der Waals surface area contributed by atoms with Gasteiger partial charge in [0, 0.05) is 21.7 Å². The molecule has 27 heavy (non-hydrogen) atoms. The fourth-order valence-electron chi connectivity index (χ4n) is 2.21. The summed E-state index contributed by atoms with van der Waals surface area (Å²) in [5.74, 6) is 0.241. The summed E-state index contributed by atoms with van der Waals surface area (Å²) in [5.41, 5.74) is 5.76. The van der Waals surface area contributed by atoms with Crippen LogP contribution in [-0.2, 0) is 4.79 Å². The second-order valence-electron chi connectivity index (χ2n) is 5.36. The number of benzene rings is 2. The molecule has 3 N–H and O–H groups in total. The SMILES string of the molecule is O=C(C=Cc1ccc(C(=O)NN=Cc2cc3c(cc2Br)OCO3)cc1)NO. The van der Waals surface area contributed by atoms with Gasteiger partial charge in [0.15, 0.2) is 11.5 Å². The van der Waals surface area contributed by atoms with E-state index in [1.807, 2.05) is 0 Å². The number of carbonyl (C=O) groups excluding carboxylic acids is 2. The van der Waals surface area contributed by atoms with E-state index in [4.69, 9.17) is 14.7 Å². The molecule has 0 unspecified atom stereocenters. The van der Waals surface area contributed by atoms with Crippen molar-refractivity contribution in [3.63, 3.8) is 0 Å². The van der Waals surface area contributed by atoms with E-state index in [9.17, 15) is 9.59 Å². The van der Waals surface area contributed by atoms with Gasteiger partial charge in [-0.15, -0.1) is 0 Å². The molecule has 2 aromatic carbocycles. The summed E-state index contributed by atoms with van der Waals surface area (Å²) in [6, 6.07) is 10.0. The molecule has 3 rings (SSSR count). The molecule has 0 radical (unpaired) electrons. The summed E-state index contributed by atoms with van der Waals surface area (Å²) in [7, 11) is 0. The minimum atomic E-state index is -0.638. The number of rotatable bonds is 5. The van der Waals surface area contributed by atoms with Crippen LogP contribution < -0.4 is 20.4 Å². The predicted octanol–water partition coefficient (Wildman–Crippen LogP) is 2.46. The zero-order chi connectivity index (χ0) is 19.2. The Hall–Kier alpha value is -3.17. The van der Waals surface area contributed by atoms with Gasteiger partial charge in [-0.3, -0.25) is 14.8 Å². The average Bonchev–Trinajstić information content (AvgIpc) is 3.13. The Morgan fingerprint density at radius 3 is 2.56 bits per heavy atom. The van der Waals surface area contributed by atoms with E-state index >= 15 is 0 Å². The molecule has 0 aliphatic carbocycles. The lowest BCUT2D eigenvalue weighted by molar-refractivity contribution is -0.124. The highest BCUT2D eigenvalue weighted by atomic mass is 79.9. The van der Waals surface area contributed by atoms with E-state index in [2.05, 4.69) is 26.5 Å². The first-order chi connectivity index (χ1) is 13.1. The first-order valence-corrected chi connectivity index (χ1v) is 8.51. The Labute approximate surface area is 162 Å². The molecule has 138 valence electrons. The maximum absolute atomic E-state index is 12.1. The van der Waals surface area contributed by atoms with Gasteiger partial charge >= 0.3 is 0 Å². The third-order valence-electron chi connectivity index (χ3n) is 3.57. The van der Waals surface area contributed by atoms with Crippen molar-refractivity contribution in [1.82, 2.24) is 10.9 Å². The molecular formula is C18H14BrN3O5. The summed E-state index contributed by atoms with van der Waals surface area (Å²) in [6.45, 7) is 0.176. The molecule has 0 bridgehead atoms. The van der Waals surface area contributed by atoms with Crippen LogP contribution >= 0.6 is 15.9 Å². The van der Waals surface area contributed by atoms with Crippen LogP contribution in [-0.4, -0.2) is 30.0 Å². The van der Waals surface area contributed by atoms with Gasteiger partial charge in [-0.1, -0.05) is 12.1 Å². The summed E-state index contributed by atoms with van der Waals surface area (Å²) in [6.07, 6.45) is 4.17. The molecule has 8 nitrogen and oxygen atoms in total. The molecule has 0 saturated carbocycles. The van der Waals surface area contributed by atoms with Crippen molar-refractivity contribution in [2.75, 3.05) is 6.79 Å². The second-order valence-corrected chi connectivity index (χ2v) is 6.21. The highest BCUT2D eigenvalue weighted by Crippen LogP contribution is 2.36. The Bertz CT molecular complexity index is 925. The summed E-state index contributed by atoms with van der Waals surface area (Å²) >= 11 is 3.41. The van der Waals surface area contributed by atoms with Crippen LogP contribution in [0.3, 0.4) is 0 Å². The van der Waals surface area contributed by atoms with Crippen LogP contribution in [0.5, 0.6) is 11.5 Å². The molecule has 1 heterocycles. The normalized spacial score (nSPS) is 12.5. The van der Waals surface area contributed by atoms with Gasteiger partial charge in [0.25, 0.3) is 11.8 Å². The molecule has 9 heteroatoms. The van der Waals surface area contributed by atoms with Gasteiger partial charge in [-0.05, 0) is 51.8 Å². The van der Waals surface area contributed by atoms with E-state index in [-0.39, 0.29) is 12.7 Å². The number of nitrogens with zero attached hydrogens (tertiary/aromatic N) is 1. The molecule has 0 fully saturated rings. The molecule has 2 aromatic rings. The number of hydroxylamine groups is 1. The summed E-state index contributed by atoms with van der Waals surface area (Å²) < 4.78 is 11.3. The average molecular weight is 432 g/mol. The standard InChI is InChI=1S/C18H14BrN3O5/c19-14-8-16-15(26-10-27-16)7-13(14)9-20-21-18(24)12-4-1-11(2-5-12)3-6-17(23)22-25/h1-9,25H,10H2,(H,21,24)(H,22,23). The van der Waals surface area contributed by atoms with Crippen molar-refractivity contribution < 1.29 is 24.3 Å². The number of nitrogens with one attached hydrogen (secondary N) is 2. The van der Waals surface area contributed by atoms with Crippen molar-refractivity contribution >= 4 is 40.0 Å². The highest BCUT2D eigenvalue weighted by Gasteiger charge is 2.15. The van der Waals surface area contributed by atoms with Gasteiger partial charge in [-0.2, -0.15) is 5.10 Å². The van der Waals surface area contributed by atoms with Gasteiger partial charge < -0.3 is 9.47 Å². The van der Waals surface area contributed by atoms with E-state index < -0.39 is 5.91 Å². The molecule has 0 atom stereocenters. The molecule has 1 aliphatic rings. The molecule has 0 saturated heterocycles. The maximum Gasteiger partial charge on any atom is 0.271 e. The minimum absolute atomic E-state index is 0.176. The van der Waals surface area contributed by atoms with Gasteiger partial charge in [0.2, 0.25) is 6.79 Å². The first-order valence-electron chi connectivity index (χ1n) is 7.71. The minimum Gasteiger partial charge on any atom is -0.454 e. The van der Waals surface area contributed by atoms with Crippen molar-refractivity contribution in [2.24, 2.45) is 5.10 Å². The summed E-state index contributed by atoms with van der Waals surface area (Å²) in [4.78, 5) is 23.1. The van der Waals surface area contributed by atoms with Crippen molar-refractivity contribution in [3.8, 4) is 11.5 Å². The number of fused-ring (bicyclic) bond motifs is 1. The van der Waals surface area contributed by atoms with Gasteiger partial charge in [0.1, 0.15) is 0 Å². The maximum atomic E-state index is 12.1. The van der Waals surface area contributed by atoms with E-state index in [1.165, 1.54) is 23.8 Å². The zero-order valence-electron chi connectivity index (χ0n) is 13.8. The van der Waals surface area contributed by atoms with Crippen LogP contribution in [0.15, 0.2) is 52.0 Å². The van der Waals surface area contributed by atoms with Crippen molar-refractivity contribution in [3.05, 3.63) is 63.6 Å². The van der Waals surface area contributed by atoms with Crippen LogP contribution in [0.1, 0.15) is 21.5 Å². The van der Waals surface area contributed by atoms with E-state index in [0.29, 0.717) is 22.6 Å². The smallest absolute Gasteiger partial charge is 0.271 e. The fraction of sp³-hybridized carbons (Fsp3) is 0.0556. The molecule has 0 spiro atoms. The van der Waals surface area contributed by atoms with E-state index in [1.54, 1.807) is 36.4 Å². The lowest BCUT2D eigenvalue weighted by Gasteiger charge is -2.03. The summed E-state index contributed by atoms with van der Waals surface area (Å²) in [5, 5.41) is 12.4. The van der Waals surface area contributed by atoms with Gasteiger partial charge in [0.05, 0.1) is 6.21 Å². The van der Waals surface area contributed by atoms with Crippen molar-refractivity contribution in [1.29, 1.82) is 0 Å². The van der Waals surface area contributed by atoms with Gasteiger partial charge in [-0.25, -0.2) is 10.9 Å². The van der Waals surface area contributed by atoms with E-state index in [0.717, 1.165) is 10.0 Å². The van der Waals surface area contributed by atoms with Crippen LogP contribution in [0.2, 0.25) is 0 Å². The second kappa shape index (κ2) is 8.47. The number of carbonyl (C=O) groups is 2. The lowest BCUT2D eigenvalue weighted by atomic mass is 10.1. The number of hydrogen-bond acceptors (Lipinski definition) is 6. The highest BCUT2D eigenvalue weighted by molar-refractivity contribution is 9.10. The fourth-order valence-corrected chi connectivity index (χ4v) is 2.64. The molecule has 1 aliphatic heterocycles. The number of hydrazone groups is 1. The quantitative estimate of drug-likeness (QED) is 0.291. The zero-order valence-corrected chi connectivity index (χ0v) is 15.4. The number of halogens is 1. The monoisotopic (exact) mass is 431 g/mol. The van der Waals surface area contributed by atoms with Crippen LogP contribution in [0.4, 0.5) is 0 Å². The molecular weight excluding hydrogens is 418 g/mol. The van der Waals surface area contributed by atoms with Crippen LogP contribution in [0.25, 0.3) is 6.08 Å². The Morgan fingerprint density at radius 1 is 1.15 bits per heavy atom. The number of ether oxygens (including phenoxy) is 2. The predicted molar refractivity (Wildman–Crippen MR) is 101 cm³/mol. The Morgan fingerprint density at radius 2 is 1.85 bits per heavy atom. The first kappa shape index (κ1) is 18.6. The topological polar surface area (TPSA) is 109 Å². The third-order valence-corrected chi connectivity index (χ3v) is 4.26. The Kier molecular flexibility index (Phi) is 5.84. The lowest BCUT2D eigenvalue weighted by Crippen LogP contribution is -2.17. The molecule has 2 amide bonds. The van der Waals surface area contributed by atoms with Crippen molar-refractivity contribution in [2.45, 2.75) is 0 Å². The van der Waals surface area contributed by atoms with Crippen LogP contribution in [0, 0.1) is 0 Å². The number of hydrogen-bond donors (Lipinski definition) is 3.